The molecule has 0 fully saturated rings. The first kappa shape index (κ1) is 16.0. The lowest BCUT2D eigenvalue weighted by molar-refractivity contribution is -0.138. The molecule has 0 aliphatic carbocycles. The Hall–Kier alpha value is -2.08. The van der Waals surface area contributed by atoms with Crippen molar-refractivity contribution in [1.29, 1.82) is 0 Å². The Morgan fingerprint density at radius 3 is 2.50 bits per heavy atom. The number of aliphatic carboxylic acids is 1. The number of nitrogens with zero attached hydrogens (tertiary/aromatic N) is 1. The number of hydrogen-bond donors (Lipinski definition) is 2. The van der Waals surface area contributed by atoms with Crippen molar-refractivity contribution >= 4 is 12.1 Å². The van der Waals surface area contributed by atoms with Gasteiger partial charge in [-0.1, -0.05) is 30.3 Å². The summed E-state index contributed by atoms with van der Waals surface area (Å²) in [5, 5.41) is 8.80. The maximum atomic E-state index is 11.9. The van der Waals surface area contributed by atoms with Crippen molar-refractivity contribution in [2.45, 2.75) is 19.4 Å². The van der Waals surface area contributed by atoms with Crippen LogP contribution in [0.1, 0.15) is 18.4 Å². The second kappa shape index (κ2) is 8.92. The molecule has 6 nitrogen and oxygen atoms in total. The number of benzene rings is 1. The quantitative estimate of drug-likeness (QED) is 0.703. The molecule has 0 heterocycles. The van der Waals surface area contributed by atoms with E-state index in [1.54, 1.807) is 0 Å². The van der Waals surface area contributed by atoms with E-state index in [2.05, 4.69) is 0 Å². The highest BCUT2D eigenvalue weighted by molar-refractivity contribution is 5.76. The Morgan fingerprint density at radius 2 is 1.90 bits per heavy atom. The molecule has 1 aromatic carbocycles. The highest BCUT2D eigenvalue weighted by Crippen LogP contribution is 2.04. The second-order valence-corrected chi connectivity index (χ2v) is 4.35. The maximum absolute atomic E-state index is 11.9. The third kappa shape index (κ3) is 6.19. The summed E-state index contributed by atoms with van der Waals surface area (Å²) in [5.74, 6) is -1.06. The molecule has 0 unspecified atom stereocenters. The van der Waals surface area contributed by atoms with Crippen LogP contribution in [0.4, 0.5) is 4.79 Å². The largest absolute Gasteiger partial charge is 0.480 e. The van der Waals surface area contributed by atoms with E-state index in [9.17, 15) is 9.59 Å². The summed E-state index contributed by atoms with van der Waals surface area (Å²) in [5.41, 5.74) is 6.24. The lowest BCUT2D eigenvalue weighted by atomic mass is 10.2. The molecule has 6 heteroatoms. The fourth-order valence-electron chi connectivity index (χ4n) is 1.66. The van der Waals surface area contributed by atoms with Crippen molar-refractivity contribution in [2.75, 3.05) is 19.6 Å². The molecule has 0 aliphatic rings. The standard InChI is InChI=1S/C14H20N2O4/c15-8-4-5-9-16(10-13(17)18)14(19)20-11-12-6-2-1-3-7-12/h1-3,6-7H,4-5,8-11,15H2,(H,17,18). The molecular formula is C14H20N2O4. The van der Waals surface area contributed by atoms with Gasteiger partial charge in [0.25, 0.3) is 0 Å². The first-order valence-corrected chi connectivity index (χ1v) is 6.51. The van der Waals surface area contributed by atoms with Gasteiger partial charge in [0.2, 0.25) is 0 Å². The van der Waals surface area contributed by atoms with Gasteiger partial charge in [-0.2, -0.15) is 0 Å². The van der Waals surface area contributed by atoms with Crippen LogP contribution < -0.4 is 5.73 Å². The summed E-state index contributed by atoms with van der Waals surface area (Å²) in [7, 11) is 0. The van der Waals surface area contributed by atoms with Crippen LogP contribution in [0.5, 0.6) is 0 Å². The van der Waals surface area contributed by atoms with Gasteiger partial charge in [0.15, 0.2) is 0 Å². The molecule has 20 heavy (non-hydrogen) atoms. The Labute approximate surface area is 118 Å². The number of rotatable bonds is 8. The predicted octanol–water partition coefficient (Wildman–Crippen LogP) is 1.45. The minimum Gasteiger partial charge on any atom is -0.480 e. The average molecular weight is 280 g/mol. The minimum absolute atomic E-state index is 0.132. The monoisotopic (exact) mass is 280 g/mol. The number of amides is 1. The summed E-state index contributed by atoms with van der Waals surface area (Å²) in [6.07, 6.45) is 0.778. The van der Waals surface area contributed by atoms with Gasteiger partial charge < -0.3 is 15.6 Å². The lowest BCUT2D eigenvalue weighted by Crippen LogP contribution is -2.37. The zero-order valence-electron chi connectivity index (χ0n) is 11.3. The SMILES string of the molecule is NCCCCN(CC(=O)O)C(=O)OCc1ccccc1. The number of nitrogens with two attached hydrogens (primary N) is 1. The number of carboxylic acids is 1. The molecule has 1 amide bonds. The summed E-state index contributed by atoms with van der Waals surface area (Å²) in [6.45, 7) is 0.613. The number of carbonyl (C=O) groups excluding carboxylic acids is 1. The van der Waals surface area contributed by atoms with Gasteiger partial charge in [-0.25, -0.2) is 4.79 Å². The molecule has 0 radical (unpaired) electrons. The van der Waals surface area contributed by atoms with Crippen molar-refractivity contribution in [2.24, 2.45) is 5.73 Å². The van der Waals surface area contributed by atoms with E-state index in [4.69, 9.17) is 15.6 Å². The van der Waals surface area contributed by atoms with Crippen molar-refractivity contribution < 1.29 is 19.4 Å². The highest BCUT2D eigenvalue weighted by atomic mass is 16.6. The van der Waals surface area contributed by atoms with E-state index in [1.165, 1.54) is 4.90 Å². The minimum atomic E-state index is -1.06. The van der Waals surface area contributed by atoms with Crippen molar-refractivity contribution in [1.82, 2.24) is 4.90 Å². The van der Waals surface area contributed by atoms with Crippen LogP contribution in [0.15, 0.2) is 30.3 Å². The van der Waals surface area contributed by atoms with Crippen LogP contribution >= 0.6 is 0 Å². The predicted molar refractivity (Wildman–Crippen MR) is 74.1 cm³/mol. The Morgan fingerprint density at radius 1 is 1.20 bits per heavy atom. The Kier molecular flexibility index (Phi) is 7.13. The van der Waals surface area contributed by atoms with E-state index < -0.39 is 12.1 Å². The van der Waals surface area contributed by atoms with Crippen molar-refractivity contribution in [3.8, 4) is 0 Å². The van der Waals surface area contributed by atoms with Crippen molar-refractivity contribution in [3.63, 3.8) is 0 Å². The van der Waals surface area contributed by atoms with Gasteiger partial charge in [0, 0.05) is 6.54 Å². The maximum Gasteiger partial charge on any atom is 0.410 e. The smallest absolute Gasteiger partial charge is 0.410 e. The molecule has 0 atom stereocenters. The normalized spacial score (nSPS) is 10.1. The van der Waals surface area contributed by atoms with Gasteiger partial charge in [-0.15, -0.1) is 0 Å². The molecule has 0 aromatic heterocycles. The fourth-order valence-corrected chi connectivity index (χ4v) is 1.66. The summed E-state index contributed by atoms with van der Waals surface area (Å²) in [4.78, 5) is 23.8. The molecule has 3 N–H and O–H groups in total. The number of carbonyl (C=O) groups is 2. The van der Waals surface area contributed by atoms with Crippen LogP contribution in [-0.4, -0.2) is 41.7 Å². The molecule has 0 bridgehead atoms. The highest BCUT2D eigenvalue weighted by Gasteiger charge is 2.17. The van der Waals surface area contributed by atoms with Gasteiger partial charge in [-0.3, -0.25) is 9.69 Å². The second-order valence-electron chi connectivity index (χ2n) is 4.35. The molecule has 0 spiro atoms. The molecule has 1 rings (SSSR count). The van der Waals surface area contributed by atoms with E-state index >= 15 is 0 Å². The number of unbranched alkanes of at least 4 members (excludes halogenated alkanes) is 1. The molecular weight excluding hydrogens is 260 g/mol. The third-order valence-corrected chi connectivity index (χ3v) is 2.67. The zero-order chi connectivity index (χ0) is 14.8. The first-order chi connectivity index (χ1) is 9.63. The van der Waals surface area contributed by atoms with Gasteiger partial charge in [-0.05, 0) is 24.9 Å². The van der Waals surface area contributed by atoms with Crippen molar-refractivity contribution in [3.05, 3.63) is 35.9 Å². The lowest BCUT2D eigenvalue weighted by Gasteiger charge is -2.20. The van der Waals surface area contributed by atoms with Crippen LogP contribution in [0, 0.1) is 0 Å². The van der Waals surface area contributed by atoms with Gasteiger partial charge in [0.05, 0.1) is 0 Å². The fraction of sp³-hybridized carbons (Fsp3) is 0.429. The molecule has 1 aromatic rings. The van der Waals surface area contributed by atoms with Crippen LogP contribution in [0.25, 0.3) is 0 Å². The summed E-state index contributed by atoms with van der Waals surface area (Å²) < 4.78 is 5.11. The number of hydrogen-bond acceptors (Lipinski definition) is 4. The van der Waals surface area contributed by atoms with Crippen LogP contribution in [-0.2, 0) is 16.1 Å². The third-order valence-electron chi connectivity index (χ3n) is 2.67. The van der Waals surface area contributed by atoms with Gasteiger partial charge >= 0.3 is 12.1 Å². The first-order valence-electron chi connectivity index (χ1n) is 6.51. The number of ether oxygens (including phenoxy) is 1. The topological polar surface area (TPSA) is 92.9 Å². The van der Waals surface area contributed by atoms with Crippen LogP contribution in [0.2, 0.25) is 0 Å². The average Bonchev–Trinajstić information content (AvgIpc) is 2.44. The molecule has 0 saturated heterocycles. The van der Waals surface area contributed by atoms with E-state index in [-0.39, 0.29) is 13.2 Å². The number of carboxylic acid groups (broad SMARTS) is 1. The zero-order valence-corrected chi connectivity index (χ0v) is 11.3. The van der Waals surface area contributed by atoms with E-state index in [1.807, 2.05) is 30.3 Å². The molecule has 0 aliphatic heterocycles. The van der Waals surface area contributed by atoms with Crippen LogP contribution in [0.3, 0.4) is 0 Å². The Balaban J connectivity index is 2.47. The van der Waals surface area contributed by atoms with E-state index in [0.717, 1.165) is 12.0 Å². The Bertz CT molecular complexity index is 422. The van der Waals surface area contributed by atoms with Gasteiger partial charge in [0.1, 0.15) is 13.2 Å². The summed E-state index contributed by atoms with van der Waals surface area (Å²) >= 11 is 0. The molecule has 110 valence electrons. The summed E-state index contributed by atoms with van der Waals surface area (Å²) in [6, 6.07) is 9.24. The van der Waals surface area contributed by atoms with E-state index in [0.29, 0.717) is 19.5 Å². The molecule has 0 saturated carbocycles.